The molecule has 0 fully saturated rings. The topological polar surface area (TPSA) is 85.4 Å². The minimum Gasteiger partial charge on any atom is -0.469 e. The molecule has 0 spiro atoms. The molecule has 178 valence electrons. The van der Waals surface area contributed by atoms with Crippen molar-refractivity contribution in [3.8, 4) is 0 Å². The summed E-state index contributed by atoms with van der Waals surface area (Å²) in [6, 6.07) is 17.2. The normalized spacial score (nSPS) is 11.7. The highest BCUT2D eigenvalue weighted by molar-refractivity contribution is 6.02. The first kappa shape index (κ1) is 25.1. The van der Waals surface area contributed by atoms with Crippen molar-refractivity contribution in [1.29, 1.82) is 0 Å². The van der Waals surface area contributed by atoms with Crippen LogP contribution in [0.3, 0.4) is 0 Å². The van der Waals surface area contributed by atoms with Gasteiger partial charge in [0, 0.05) is 30.8 Å². The Kier molecular flexibility index (Phi) is 9.32. The first-order valence-electron chi connectivity index (χ1n) is 11.8. The molecule has 6 nitrogen and oxygen atoms in total. The van der Waals surface area contributed by atoms with Crippen LogP contribution in [-0.2, 0) is 25.5 Å². The molecule has 0 bridgehead atoms. The lowest BCUT2D eigenvalue weighted by Gasteiger charge is -2.14. The number of unbranched alkanes of at least 4 members (excludes halogenated alkanes) is 3. The fourth-order valence-electron chi connectivity index (χ4n) is 3.88. The SMILES string of the molecule is COC(=O)CCCCCCC(=O)Cc1ccc(C(C)C(=O)Nc2cccc3cccnc23)cc1. The summed E-state index contributed by atoms with van der Waals surface area (Å²) in [4.78, 5) is 40.6. The molecule has 0 saturated heterocycles. The lowest BCUT2D eigenvalue weighted by molar-refractivity contribution is -0.140. The van der Waals surface area contributed by atoms with E-state index in [1.165, 1.54) is 7.11 Å². The highest BCUT2D eigenvalue weighted by atomic mass is 16.5. The van der Waals surface area contributed by atoms with Crippen molar-refractivity contribution >= 4 is 34.3 Å². The maximum Gasteiger partial charge on any atom is 0.305 e. The van der Waals surface area contributed by atoms with Crippen molar-refractivity contribution in [2.75, 3.05) is 12.4 Å². The number of nitrogens with one attached hydrogen (secondary N) is 1. The second-order valence-corrected chi connectivity index (χ2v) is 8.54. The van der Waals surface area contributed by atoms with Gasteiger partial charge in [-0.2, -0.15) is 0 Å². The number of carbonyl (C=O) groups excluding carboxylic acids is 3. The number of benzene rings is 2. The Morgan fingerprint density at radius 1 is 0.912 bits per heavy atom. The van der Waals surface area contributed by atoms with E-state index in [4.69, 9.17) is 0 Å². The van der Waals surface area contributed by atoms with Crippen LogP contribution in [0.25, 0.3) is 10.9 Å². The number of amides is 1. The molecule has 1 heterocycles. The van der Waals surface area contributed by atoms with Crippen LogP contribution in [0, 0.1) is 0 Å². The molecule has 3 rings (SSSR count). The van der Waals surface area contributed by atoms with Gasteiger partial charge in [0.25, 0.3) is 0 Å². The molecule has 1 unspecified atom stereocenters. The van der Waals surface area contributed by atoms with Crippen LogP contribution in [-0.4, -0.2) is 29.8 Å². The van der Waals surface area contributed by atoms with Crippen LogP contribution in [0.1, 0.15) is 62.5 Å². The zero-order valence-corrected chi connectivity index (χ0v) is 19.9. The number of rotatable bonds is 12. The number of esters is 1. The van der Waals surface area contributed by atoms with Gasteiger partial charge in [-0.3, -0.25) is 19.4 Å². The van der Waals surface area contributed by atoms with Crippen molar-refractivity contribution < 1.29 is 19.1 Å². The predicted octanol–water partition coefficient (Wildman–Crippen LogP) is 5.60. The van der Waals surface area contributed by atoms with Gasteiger partial charge in [-0.1, -0.05) is 55.3 Å². The maximum atomic E-state index is 12.8. The lowest BCUT2D eigenvalue weighted by atomic mass is 9.97. The van der Waals surface area contributed by atoms with Gasteiger partial charge >= 0.3 is 5.97 Å². The minimum atomic E-state index is -0.339. The average molecular weight is 461 g/mol. The van der Waals surface area contributed by atoms with Gasteiger partial charge in [0.1, 0.15) is 5.78 Å². The summed E-state index contributed by atoms with van der Waals surface area (Å²) in [6.07, 6.45) is 6.57. The largest absolute Gasteiger partial charge is 0.469 e. The number of anilines is 1. The summed E-state index contributed by atoms with van der Waals surface area (Å²) in [5, 5.41) is 3.97. The number of methoxy groups -OCH3 is 1. The highest BCUT2D eigenvalue weighted by Gasteiger charge is 2.17. The maximum absolute atomic E-state index is 12.8. The zero-order valence-electron chi connectivity index (χ0n) is 19.9. The minimum absolute atomic E-state index is 0.103. The Bertz CT molecular complexity index is 1120. The van der Waals surface area contributed by atoms with Crippen LogP contribution < -0.4 is 5.32 Å². The molecule has 34 heavy (non-hydrogen) atoms. The average Bonchev–Trinajstić information content (AvgIpc) is 2.86. The molecular formula is C28H32N2O4. The van der Waals surface area contributed by atoms with E-state index >= 15 is 0 Å². The van der Waals surface area contributed by atoms with Crippen molar-refractivity contribution in [2.24, 2.45) is 0 Å². The van der Waals surface area contributed by atoms with Gasteiger partial charge in [0.2, 0.25) is 5.91 Å². The monoisotopic (exact) mass is 460 g/mol. The summed E-state index contributed by atoms with van der Waals surface area (Å²) >= 11 is 0. The number of ketones is 1. The van der Waals surface area contributed by atoms with E-state index in [-0.39, 0.29) is 23.6 Å². The molecule has 0 aliphatic rings. The molecule has 2 aromatic carbocycles. The Balaban J connectivity index is 1.46. The Morgan fingerprint density at radius 2 is 1.62 bits per heavy atom. The van der Waals surface area contributed by atoms with E-state index in [9.17, 15) is 14.4 Å². The van der Waals surface area contributed by atoms with Gasteiger partial charge in [-0.15, -0.1) is 0 Å². The van der Waals surface area contributed by atoms with E-state index < -0.39 is 0 Å². The third kappa shape index (κ3) is 7.24. The summed E-state index contributed by atoms with van der Waals surface area (Å²) in [6.45, 7) is 1.87. The second kappa shape index (κ2) is 12.6. The molecule has 1 N–H and O–H groups in total. The van der Waals surface area contributed by atoms with Gasteiger partial charge in [-0.05, 0) is 43.0 Å². The van der Waals surface area contributed by atoms with Crippen LogP contribution in [0.5, 0.6) is 0 Å². The second-order valence-electron chi connectivity index (χ2n) is 8.54. The van der Waals surface area contributed by atoms with E-state index in [0.717, 1.165) is 47.7 Å². The number of Topliss-reactive ketones (excluding diaryl/α,β-unsaturated/α-hetero) is 1. The van der Waals surface area contributed by atoms with Crippen LogP contribution in [0.4, 0.5) is 5.69 Å². The molecular weight excluding hydrogens is 428 g/mol. The van der Waals surface area contributed by atoms with Crippen molar-refractivity contribution in [3.05, 3.63) is 71.9 Å². The number of carbonyl (C=O) groups is 3. The molecule has 0 saturated carbocycles. The molecule has 1 atom stereocenters. The number of aromatic nitrogens is 1. The van der Waals surface area contributed by atoms with Crippen LogP contribution >= 0.6 is 0 Å². The van der Waals surface area contributed by atoms with E-state index in [0.29, 0.717) is 24.9 Å². The molecule has 1 aromatic heterocycles. The quantitative estimate of drug-likeness (QED) is 0.281. The van der Waals surface area contributed by atoms with Crippen LogP contribution in [0.15, 0.2) is 60.8 Å². The van der Waals surface area contributed by atoms with E-state index in [2.05, 4.69) is 15.0 Å². The van der Waals surface area contributed by atoms with E-state index in [1.807, 2.05) is 61.5 Å². The third-order valence-electron chi connectivity index (χ3n) is 5.98. The highest BCUT2D eigenvalue weighted by Crippen LogP contribution is 2.24. The Labute approximate surface area is 200 Å². The first-order chi connectivity index (χ1) is 16.5. The summed E-state index contributed by atoms with van der Waals surface area (Å²) < 4.78 is 4.62. The van der Waals surface area contributed by atoms with Gasteiger partial charge < -0.3 is 10.1 Å². The predicted molar refractivity (Wildman–Crippen MR) is 134 cm³/mol. The lowest BCUT2D eigenvalue weighted by Crippen LogP contribution is -2.19. The van der Waals surface area contributed by atoms with Crippen molar-refractivity contribution in [3.63, 3.8) is 0 Å². The number of fused-ring (bicyclic) bond motifs is 1. The van der Waals surface area contributed by atoms with Crippen LogP contribution in [0.2, 0.25) is 0 Å². The first-order valence-corrected chi connectivity index (χ1v) is 11.8. The van der Waals surface area contributed by atoms with Gasteiger partial charge in [-0.25, -0.2) is 0 Å². The fourth-order valence-corrected chi connectivity index (χ4v) is 3.88. The fraction of sp³-hybridized carbons (Fsp3) is 0.357. The molecule has 3 aromatic rings. The smallest absolute Gasteiger partial charge is 0.305 e. The number of nitrogens with zero attached hydrogens (tertiary/aromatic N) is 1. The number of hydrogen-bond donors (Lipinski definition) is 1. The molecule has 0 radical (unpaired) electrons. The molecule has 0 aliphatic carbocycles. The van der Waals surface area contributed by atoms with E-state index in [1.54, 1.807) is 6.20 Å². The summed E-state index contributed by atoms with van der Waals surface area (Å²) in [5.41, 5.74) is 3.31. The standard InChI is InChI=1S/C28H32N2O4/c1-20(28(33)30-25-12-7-9-23-10-8-18-29-27(23)25)22-16-14-21(15-17-22)19-24(31)11-5-3-4-6-13-26(32)34-2/h7-10,12,14-18,20H,3-6,11,13,19H2,1-2H3,(H,30,33). The third-order valence-corrected chi connectivity index (χ3v) is 5.98. The number of hydrogen-bond acceptors (Lipinski definition) is 5. The summed E-state index contributed by atoms with van der Waals surface area (Å²) in [5.74, 6) is -0.422. The molecule has 0 aliphatic heterocycles. The Morgan fingerprint density at radius 3 is 2.35 bits per heavy atom. The van der Waals surface area contributed by atoms with Gasteiger partial charge in [0.15, 0.2) is 0 Å². The molecule has 1 amide bonds. The number of para-hydroxylation sites is 1. The molecule has 6 heteroatoms. The van der Waals surface area contributed by atoms with Crippen molar-refractivity contribution in [2.45, 2.75) is 57.8 Å². The number of pyridine rings is 1. The zero-order chi connectivity index (χ0) is 24.3. The summed E-state index contributed by atoms with van der Waals surface area (Å²) in [7, 11) is 1.40. The Hall–Kier alpha value is -3.54. The van der Waals surface area contributed by atoms with Gasteiger partial charge in [0.05, 0.1) is 24.2 Å². The number of ether oxygens (including phenoxy) is 1. The van der Waals surface area contributed by atoms with Crippen molar-refractivity contribution in [1.82, 2.24) is 4.98 Å².